The summed E-state index contributed by atoms with van der Waals surface area (Å²) in [6.45, 7) is 0. The number of hydrogen-bond donors (Lipinski definition) is 2. The Morgan fingerprint density at radius 3 is 3.00 bits per heavy atom. The van der Waals surface area contributed by atoms with Gasteiger partial charge in [-0.3, -0.25) is 0 Å². The minimum Gasteiger partial charge on any atom is -0.476 e. The molecule has 88 valence electrons. The first-order chi connectivity index (χ1) is 8.25. The van der Waals surface area contributed by atoms with Gasteiger partial charge in [0.1, 0.15) is 5.69 Å². The van der Waals surface area contributed by atoms with Crippen molar-refractivity contribution in [3.8, 4) is 11.6 Å². The number of H-pyrrole nitrogens is 1. The van der Waals surface area contributed by atoms with E-state index in [4.69, 9.17) is 9.63 Å². The molecule has 17 heavy (non-hydrogen) atoms. The first-order valence-corrected chi connectivity index (χ1v) is 5.36. The summed E-state index contributed by atoms with van der Waals surface area (Å²) in [5.74, 6) is 0.0623. The molecule has 7 nitrogen and oxygen atoms in total. The summed E-state index contributed by atoms with van der Waals surface area (Å²) >= 11 is 0. The average Bonchev–Trinajstić information content (AvgIpc) is 2.79. The van der Waals surface area contributed by atoms with E-state index in [-0.39, 0.29) is 17.3 Å². The number of nitrogens with zero attached hydrogens (tertiary/aromatic N) is 3. The first-order valence-electron chi connectivity index (χ1n) is 5.36. The van der Waals surface area contributed by atoms with Crippen molar-refractivity contribution in [3.05, 3.63) is 17.8 Å². The smallest absolute Gasteiger partial charge is 0.356 e. The Morgan fingerprint density at radius 2 is 2.35 bits per heavy atom. The summed E-state index contributed by atoms with van der Waals surface area (Å²) < 4.78 is 5.06. The van der Waals surface area contributed by atoms with Crippen LogP contribution < -0.4 is 0 Å². The lowest BCUT2D eigenvalue weighted by atomic mass is 9.85. The Hall–Kier alpha value is -2.18. The molecule has 0 radical (unpaired) electrons. The fourth-order valence-electron chi connectivity index (χ4n) is 1.79. The Balaban J connectivity index is 1.95. The molecule has 0 saturated heterocycles. The maximum atomic E-state index is 10.9. The Morgan fingerprint density at radius 1 is 1.53 bits per heavy atom. The van der Waals surface area contributed by atoms with Gasteiger partial charge in [0, 0.05) is 5.92 Å². The van der Waals surface area contributed by atoms with Gasteiger partial charge in [-0.05, 0) is 12.8 Å². The summed E-state index contributed by atoms with van der Waals surface area (Å²) in [5.41, 5.74) is 0.157. The molecule has 0 spiro atoms. The lowest BCUT2D eigenvalue weighted by molar-refractivity contribution is 0.0691. The predicted molar refractivity (Wildman–Crippen MR) is 55.4 cm³/mol. The number of aromatic amines is 1. The number of aromatic nitrogens is 4. The maximum absolute atomic E-state index is 10.9. The van der Waals surface area contributed by atoms with Gasteiger partial charge in [-0.2, -0.15) is 4.98 Å². The van der Waals surface area contributed by atoms with Crippen molar-refractivity contribution in [1.29, 1.82) is 0 Å². The van der Waals surface area contributed by atoms with Crippen LogP contribution in [0.15, 0.2) is 10.9 Å². The summed E-state index contributed by atoms with van der Waals surface area (Å²) in [7, 11) is 0. The molecule has 2 aromatic rings. The Kier molecular flexibility index (Phi) is 2.17. The molecule has 0 unspecified atom stereocenters. The van der Waals surface area contributed by atoms with Gasteiger partial charge in [-0.1, -0.05) is 11.6 Å². The van der Waals surface area contributed by atoms with Gasteiger partial charge in [-0.25, -0.2) is 9.78 Å². The van der Waals surface area contributed by atoms with E-state index in [1.807, 2.05) is 0 Å². The van der Waals surface area contributed by atoms with Gasteiger partial charge in [-0.15, -0.1) is 0 Å². The van der Waals surface area contributed by atoms with E-state index in [0.29, 0.717) is 11.7 Å². The van der Waals surface area contributed by atoms with Crippen LogP contribution in [0.2, 0.25) is 0 Å². The van der Waals surface area contributed by atoms with Gasteiger partial charge >= 0.3 is 5.97 Å². The molecule has 1 fully saturated rings. The zero-order valence-electron chi connectivity index (χ0n) is 8.88. The molecule has 1 aliphatic carbocycles. The predicted octanol–water partition coefficient (Wildman–Crippen LogP) is 1.43. The van der Waals surface area contributed by atoms with Gasteiger partial charge in [0.25, 0.3) is 5.89 Å². The molecule has 1 saturated carbocycles. The highest BCUT2D eigenvalue weighted by Gasteiger charge is 2.26. The van der Waals surface area contributed by atoms with Crippen molar-refractivity contribution in [2.24, 2.45) is 0 Å². The third-order valence-corrected chi connectivity index (χ3v) is 2.97. The lowest BCUT2D eigenvalue weighted by Gasteiger charge is -2.20. The van der Waals surface area contributed by atoms with Crippen molar-refractivity contribution in [2.75, 3.05) is 0 Å². The van der Waals surface area contributed by atoms with E-state index in [1.54, 1.807) is 0 Å². The third-order valence-electron chi connectivity index (χ3n) is 2.97. The molecule has 2 N–H and O–H groups in total. The van der Waals surface area contributed by atoms with Crippen molar-refractivity contribution in [2.45, 2.75) is 25.2 Å². The van der Waals surface area contributed by atoms with Crippen LogP contribution in [-0.2, 0) is 0 Å². The van der Waals surface area contributed by atoms with Crippen molar-refractivity contribution >= 4 is 5.97 Å². The molecular weight excluding hydrogens is 224 g/mol. The minimum atomic E-state index is -1.12. The molecule has 2 heterocycles. The van der Waals surface area contributed by atoms with Crippen LogP contribution in [0.1, 0.15) is 41.5 Å². The maximum Gasteiger partial charge on any atom is 0.356 e. The minimum absolute atomic E-state index is 0.103. The number of hydrogen-bond acceptors (Lipinski definition) is 5. The third kappa shape index (κ3) is 1.59. The average molecular weight is 234 g/mol. The molecule has 0 amide bonds. The van der Waals surface area contributed by atoms with E-state index in [1.165, 1.54) is 12.7 Å². The number of carboxylic acids is 1. The normalized spacial score (nSPS) is 15.8. The highest BCUT2D eigenvalue weighted by Crippen LogP contribution is 2.35. The van der Waals surface area contributed by atoms with Crippen LogP contribution in [0.4, 0.5) is 0 Å². The SMILES string of the molecule is O=C(O)c1nc[nH]c1-c1nc(C2CCC2)no1. The van der Waals surface area contributed by atoms with Gasteiger partial charge < -0.3 is 14.6 Å². The second-order valence-corrected chi connectivity index (χ2v) is 4.02. The fourth-order valence-corrected chi connectivity index (χ4v) is 1.79. The molecule has 0 atom stereocenters. The van der Waals surface area contributed by atoms with Crippen LogP contribution >= 0.6 is 0 Å². The molecule has 0 aromatic carbocycles. The number of carbonyl (C=O) groups is 1. The molecule has 0 bridgehead atoms. The fraction of sp³-hybridized carbons (Fsp3) is 0.400. The summed E-state index contributed by atoms with van der Waals surface area (Å²) in [4.78, 5) is 21.5. The lowest BCUT2D eigenvalue weighted by Crippen LogP contribution is -2.10. The van der Waals surface area contributed by atoms with Crippen LogP contribution in [0.25, 0.3) is 11.6 Å². The molecule has 2 aromatic heterocycles. The molecule has 3 rings (SSSR count). The van der Waals surface area contributed by atoms with Crippen LogP contribution in [-0.4, -0.2) is 31.2 Å². The Bertz CT molecular complexity index is 555. The van der Waals surface area contributed by atoms with Gasteiger partial charge in [0.05, 0.1) is 6.33 Å². The van der Waals surface area contributed by atoms with E-state index in [2.05, 4.69) is 20.1 Å². The Labute approximate surface area is 95.9 Å². The topological polar surface area (TPSA) is 105 Å². The van der Waals surface area contributed by atoms with Gasteiger partial charge in [0.2, 0.25) is 0 Å². The van der Waals surface area contributed by atoms with Crippen LogP contribution in [0.3, 0.4) is 0 Å². The quantitative estimate of drug-likeness (QED) is 0.832. The van der Waals surface area contributed by atoms with E-state index in [0.717, 1.165) is 12.8 Å². The first kappa shape index (κ1) is 10.0. The summed E-state index contributed by atoms with van der Waals surface area (Å²) in [6, 6.07) is 0. The standard InChI is InChI=1S/C10H10N4O3/c15-10(16)7-6(11-4-12-7)9-13-8(14-17-9)5-2-1-3-5/h4-5H,1-3H2,(H,11,12)(H,15,16). The van der Waals surface area contributed by atoms with Crippen molar-refractivity contribution in [1.82, 2.24) is 20.1 Å². The second-order valence-electron chi connectivity index (χ2n) is 4.02. The van der Waals surface area contributed by atoms with Crippen molar-refractivity contribution in [3.63, 3.8) is 0 Å². The van der Waals surface area contributed by atoms with E-state index in [9.17, 15) is 4.79 Å². The number of carboxylic acid groups (broad SMARTS) is 1. The van der Waals surface area contributed by atoms with Crippen LogP contribution in [0.5, 0.6) is 0 Å². The monoisotopic (exact) mass is 234 g/mol. The molecule has 0 aliphatic heterocycles. The number of rotatable bonds is 3. The van der Waals surface area contributed by atoms with Crippen molar-refractivity contribution < 1.29 is 14.4 Å². The highest BCUT2D eigenvalue weighted by atomic mass is 16.5. The van der Waals surface area contributed by atoms with E-state index >= 15 is 0 Å². The molecule has 1 aliphatic rings. The van der Waals surface area contributed by atoms with E-state index < -0.39 is 5.97 Å². The molecular formula is C10H10N4O3. The highest BCUT2D eigenvalue weighted by molar-refractivity contribution is 5.91. The number of aromatic carboxylic acids is 1. The van der Waals surface area contributed by atoms with Gasteiger partial charge in [0.15, 0.2) is 11.5 Å². The summed E-state index contributed by atoms with van der Waals surface area (Å²) in [6.07, 6.45) is 4.60. The number of imidazole rings is 1. The second kappa shape index (κ2) is 3.69. The largest absolute Gasteiger partial charge is 0.476 e. The van der Waals surface area contributed by atoms with Crippen LogP contribution in [0, 0.1) is 0 Å². The number of nitrogens with one attached hydrogen (secondary N) is 1. The zero-order valence-corrected chi connectivity index (χ0v) is 8.88. The zero-order chi connectivity index (χ0) is 11.8. The summed E-state index contributed by atoms with van der Waals surface area (Å²) in [5, 5.41) is 12.8. The molecule has 7 heteroatoms.